The number of aliphatic imine (C=N–C) groups is 1. The van der Waals surface area contributed by atoms with Crippen molar-refractivity contribution >= 4 is 46.2 Å². The molecular weight excluding hydrogens is 330 g/mol. The molecule has 23 heavy (non-hydrogen) atoms. The molecule has 4 nitrogen and oxygen atoms in total. The van der Waals surface area contributed by atoms with Crippen LogP contribution in [0.5, 0.6) is 0 Å². The molecule has 0 spiro atoms. The molecule has 1 heterocycles. The first-order valence-corrected chi connectivity index (χ1v) is 8.43. The van der Waals surface area contributed by atoms with E-state index in [1.807, 2.05) is 30.3 Å². The minimum absolute atomic E-state index is 0.160. The van der Waals surface area contributed by atoms with Gasteiger partial charge in [0.25, 0.3) is 0 Å². The van der Waals surface area contributed by atoms with Gasteiger partial charge < -0.3 is 0 Å². The lowest BCUT2D eigenvalue weighted by atomic mass is 10.2. The number of hydrazone groups is 1. The van der Waals surface area contributed by atoms with E-state index in [2.05, 4.69) is 21.6 Å². The van der Waals surface area contributed by atoms with Crippen LogP contribution >= 0.6 is 23.4 Å². The van der Waals surface area contributed by atoms with Gasteiger partial charge in [-0.15, -0.1) is 11.8 Å². The number of fused-ring (bicyclic) bond motifs is 1. The summed E-state index contributed by atoms with van der Waals surface area (Å²) in [6.07, 6.45) is 2.36. The zero-order valence-corrected chi connectivity index (χ0v) is 13.8. The van der Waals surface area contributed by atoms with Crippen molar-refractivity contribution in [3.8, 4) is 0 Å². The fraction of sp³-hybridized carbons (Fsp3) is 0.118. The summed E-state index contributed by atoms with van der Waals surface area (Å²) >= 11 is 7.32. The summed E-state index contributed by atoms with van der Waals surface area (Å²) in [5, 5.41) is 5.52. The molecule has 2 aromatic rings. The second kappa shape index (κ2) is 7.44. The fourth-order valence-electron chi connectivity index (χ4n) is 2.14. The van der Waals surface area contributed by atoms with Gasteiger partial charge in [0.05, 0.1) is 22.7 Å². The van der Waals surface area contributed by atoms with Gasteiger partial charge in [-0.2, -0.15) is 5.10 Å². The first-order chi connectivity index (χ1) is 11.2. The highest BCUT2D eigenvalue weighted by Gasteiger charge is 2.15. The van der Waals surface area contributed by atoms with Crippen molar-refractivity contribution in [1.82, 2.24) is 5.43 Å². The van der Waals surface area contributed by atoms with Gasteiger partial charge in [-0.3, -0.25) is 4.79 Å². The van der Waals surface area contributed by atoms with E-state index >= 15 is 0 Å². The molecule has 116 valence electrons. The highest BCUT2D eigenvalue weighted by atomic mass is 35.5. The van der Waals surface area contributed by atoms with Gasteiger partial charge in [0.1, 0.15) is 0 Å². The summed E-state index contributed by atoms with van der Waals surface area (Å²) in [5.74, 6) is 0.131. The summed E-state index contributed by atoms with van der Waals surface area (Å²) in [6, 6.07) is 15.3. The minimum atomic E-state index is -0.160. The summed E-state index contributed by atoms with van der Waals surface area (Å²) in [6.45, 7) is 0. The Kier molecular flexibility index (Phi) is 5.10. The topological polar surface area (TPSA) is 53.8 Å². The monoisotopic (exact) mass is 343 g/mol. The summed E-state index contributed by atoms with van der Waals surface area (Å²) in [4.78, 5) is 16.3. The van der Waals surface area contributed by atoms with E-state index in [9.17, 15) is 4.79 Å². The number of benzene rings is 2. The third-order valence-electron chi connectivity index (χ3n) is 3.20. The molecule has 1 amide bonds. The number of hydrogen-bond donors (Lipinski definition) is 1. The summed E-state index contributed by atoms with van der Waals surface area (Å²) in [7, 11) is 0. The zero-order chi connectivity index (χ0) is 16.1. The van der Waals surface area contributed by atoms with Gasteiger partial charge in [-0.25, -0.2) is 10.4 Å². The van der Waals surface area contributed by atoms with Gasteiger partial charge in [0.2, 0.25) is 5.91 Å². The van der Waals surface area contributed by atoms with Crippen LogP contribution in [0.2, 0.25) is 5.02 Å². The standard InChI is InChI=1S/C17H14ClN3OS/c18-14-6-3-4-12(8-14)10-19-21-16(22)11-23-17-9-13-5-1-2-7-15(13)20-17/h1-8,10H,9,11H2,(H,21,22)/b19-10+. The lowest BCUT2D eigenvalue weighted by molar-refractivity contribution is -0.118. The second-order valence-electron chi connectivity index (χ2n) is 4.95. The van der Waals surface area contributed by atoms with Crippen molar-refractivity contribution in [2.24, 2.45) is 10.1 Å². The van der Waals surface area contributed by atoms with Crippen LogP contribution in [0.3, 0.4) is 0 Å². The Hall–Kier alpha value is -2.11. The molecule has 3 rings (SSSR count). The first kappa shape index (κ1) is 15.8. The molecule has 0 aliphatic carbocycles. The maximum Gasteiger partial charge on any atom is 0.250 e. The molecule has 6 heteroatoms. The van der Waals surface area contributed by atoms with E-state index in [0.717, 1.165) is 22.7 Å². The lowest BCUT2D eigenvalue weighted by Crippen LogP contribution is -2.20. The Labute approximate surface area is 143 Å². The SMILES string of the molecule is O=C(CSC1=Nc2ccccc2C1)N/N=C/c1cccc(Cl)c1. The maximum atomic E-state index is 11.8. The maximum absolute atomic E-state index is 11.8. The van der Waals surface area contributed by atoms with Gasteiger partial charge in [-0.05, 0) is 29.3 Å². The molecule has 0 radical (unpaired) electrons. The zero-order valence-electron chi connectivity index (χ0n) is 12.2. The molecule has 1 aliphatic rings. The number of nitrogens with zero attached hydrogens (tertiary/aromatic N) is 2. The summed E-state index contributed by atoms with van der Waals surface area (Å²) < 4.78 is 0. The number of amides is 1. The molecule has 2 aromatic carbocycles. The average Bonchev–Trinajstić information content (AvgIpc) is 2.96. The van der Waals surface area contributed by atoms with Crippen LogP contribution < -0.4 is 5.43 Å². The van der Waals surface area contributed by atoms with E-state index < -0.39 is 0 Å². The van der Waals surface area contributed by atoms with Crippen molar-refractivity contribution in [2.75, 3.05) is 5.75 Å². The highest BCUT2D eigenvalue weighted by molar-refractivity contribution is 8.14. The van der Waals surface area contributed by atoms with E-state index in [-0.39, 0.29) is 5.91 Å². The highest BCUT2D eigenvalue weighted by Crippen LogP contribution is 2.29. The third kappa shape index (κ3) is 4.43. The Morgan fingerprint density at radius 2 is 2.17 bits per heavy atom. The summed E-state index contributed by atoms with van der Waals surface area (Å²) in [5.41, 5.74) is 5.54. The molecule has 0 unspecified atom stereocenters. The molecule has 0 saturated heterocycles. The predicted octanol–water partition coefficient (Wildman–Crippen LogP) is 3.81. The van der Waals surface area contributed by atoms with Gasteiger partial charge >= 0.3 is 0 Å². The van der Waals surface area contributed by atoms with E-state index in [4.69, 9.17) is 11.6 Å². The van der Waals surface area contributed by atoms with Crippen LogP contribution in [0, 0.1) is 0 Å². The molecular formula is C17H14ClN3OS. The van der Waals surface area contributed by atoms with Crippen LogP contribution in [0.1, 0.15) is 11.1 Å². The fourth-order valence-corrected chi connectivity index (χ4v) is 3.12. The van der Waals surface area contributed by atoms with Crippen LogP contribution in [0.25, 0.3) is 0 Å². The number of para-hydroxylation sites is 1. The molecule has 0 atom stereocenters. The number of halogens is 1. The van der Waals surface area contributed by atoms with Gasteiger partial charge in [0.15, 0.2) is 0 Å². The molecule has 0 aromatic heterocycles. The molecule has 0 bridgehead atoms. The van der Waals surface area contributed by atoms with Gasteiger partial charge in [0, 0.05) is 11.4 Å². The first-order valence-electron chi connectivity index (χ1n) is 7.06. The predicted molar refractivity (Wildman–Crippen MR) is 96.9 cm³/mol. The van der Waals surface area contributed by atoms with Crippen LogP contribution in [-0.4, -0.2) is 22.9 Å². The molecule has 1 N–H and O–H groups in total. The largest absolute Gasteiger partial charge is 0.272 e. The molecule has 1 aliphatic heterocycles. The van der Waals surface area contributed by atoms with Crippen molar-refractivity contribution < 1.29 is 4.79 Å². The van der Waals surface area contributed by atoms with E-state index in [1.54, 1.807) is 18.3 Å². The number of carbonyl (C=O) groups is 1. The normalized spacial score (nSPS) is 13.0. The van der Waals surface area contributed by atoms with Crippen LogP contribution in [0.15, 0.2) is 58.6 Å². The molecule has 0 saturated carbocycles. The average molecular weight is 344 g/mol. The number of hydrogen-bond acceptors (Lipinski definition) is 4. The minimum Gasteiger partial charge on any atom is -0.272 e. The number of rotatable bonds is 4. The Bertz CT molecular complexity index is 789. The smallest absolute Gasteiger partial charge is 0.250 e. The number of nitrogens with one attached hydrogen (secondary N) is 1. The lowest BCUT2D eigenvalue weighted by Gasteiger charge is -2.00. The van der Waals surface area contributed by atoms with Crippen molar-refractivity contribution in [3.05, 3.63) is 64.7 Å². The Morgan fingerprint density at radius 3 is 3.00 bits per heavy atom. The Balaban J connectivity index is 1.46. The quantitative estimate of drug-likeness (QED) is 0.678. The van der Waals surface area contributed by atoms with Crippen LogP contribution in [-0.2, 0) is 11.2 Å². The number of carbonyl (C=O) groups excluding carboxylic acids is 1. The van der Waals surface area contributed by atoms with Crippen LogP contribution in [0.4, 0.5) is 5.69 Å². The second-order valence-corrected chi connectivity index (χ2v) is 6.43. The van der Waals surface area contributed by atoms with E-state index in [1.165, 1.54) is 17.3 Å². The van der Waals surface area contributed by atoms with Crippen molar-refractivity contribution in [3.63, 3.8) is 0 Å². The third-order valence-corrected chi connectivity index (χ3v) is 4.41. The van der Waals surface area contributed by atoms with Crippen molar-refractivity contribution in [2.45, 2.75) is 6.42 Å². The number of thioether (sulfide) groups is 1. The van der Waals surface area contributed by atoms with Gasteiger partial charge in [-0.1, -0.05) is 41.9 Å². The molecule has 0 fully saturated rings. The van der Waals surface area contributed by atoms with Crippen molar-refractivity contribution in [1.29, 1.82) is 0 Å². The van der Waals surface area contributed by atoms with E-state index in [0.29, 0.717) is 10.8 Å². The Morgan fingerprint density at radius 1 is 1.30 bits per heavy atom.